The average Bonchev–Trinajstić information content (AvgIpc) is 2.71. The number of nitrogens with zero attached hydrogens (tertiary/aromatic N) is 2. The van der Waals surface area contributed by atoms with Crippen LogP contribution in [-0.2, 0) is 0 Å². The van der Waals surface area contributed by atoms with Crippen molar-refractivity contribution in [1.82, 2.24) is 9.97 Å². The molecule has 3 rings (SSSR count). The van der Waals surface area contributed by atoms with Crippen LogP contribution in [0.1, 0.15) is 12.8 Å². The molecule has 1 aliphatic rings. The first-order chi connectivity index (χ1) is 7.83. The van der Waals surface area contributed by atoms with Gasteiger partial charge in [-0.05, 0) is 30.2 Å². The van der Waals surface area contributed by atoms with Crippen molar-refractivity contribution in [2.75, 3.05) is 11.9 Å². The topological polar surface area (TPSA) is 63.8 Å². The third-order valence-corrected chi connectivity index (χ3v) is 3.91. The van der Waals surface area contributed by atoms with Crippen LogP contribution >= 0.6 is 11.3 Å². The summed E-state index contributed by atoms with van der Waals surface area (Å²) in [4.78, 5) is 9.55. The summed E-state index contributed by atoms with van der Waals surface area (Å²) in [7, 11) is 0. The van der Waals surface area contributed by atoms with Gasteiger partial charge in [0.15, 0.2) is 0 Å². The van der Waals surface area contributed by atoms with E-state index in [9.17, 15) is 0 Å². The summed E-state index contributed by atoms with van der Waals surface area (Å²) in [5.41, 5.74) is 5.76. The minimum absolute atomic E-state index is 0.415. The zero-order valence-electron chi connectivity index (χ0n) is 8.89. The Kier molecular flexibility index (Phi) is 2.49. The Bertz CT molecular complexity index is 489. The second-order valence-electron chi connectivity index (χ2n) is 4.34. The molecule has 3 N–H and O–H groups in total. The maximum absolute atomic E-state index is 5.76. The maximum Gasteiger partial charge on any atom is 0.138 e. The Labute approximate surface area is 97.9 Å². The van der Waals surface area contributed by atoms with Crippen molar-refractivity contribution in [1.29, 1.82) is 0 Å². The fourth-order valence-corrected chi connectivity index (χ4v) is 2.86. The standard InChI is InChI=1S/C11H14N4S/c12-8-3-7(4-8)5-13-10-9-1-2-16-11(9)15-6-14-10/h1-2,6-8H,3-5,12H2,(H,13,14,15). The Balaban J connectivity index is 1.71. The van der Waals surface area contributed by atoms with Crippen molar-refractivity contribution in [3.63, 3.8) is 0 Å². The lowest BCUT2D eigenvalue weighted by Crippen LogP contribution is -2.39. The van der Waals surface area contributed by atoms with Crippen molar-refractivity contribution < 1.29 is 0 Å². The van der Waals surface area contributed by atoms with Crippen molar-refractivity contribution in [2.45, 2.75) is 18.9 Å². The van der Waals surface area contributed by atoms with Crippen LogP contribution in [0.25, 0.3) is 10.2 Å². The van der Waals surface area contributed by atoms with E-state index >= 15 is 0 Å². The van der Waals surface area contributed by atoms with Gasteiger partial charge in [-0.2, -0.15) is 0 Å². The van der Waals surface area contributed by atoms with Gasteiger partial charge in [0.2, 0.25) is 0 Å². The maximum atomic E-state index is 5.76. The summed E-state index contributed by atoms with van der Waals surface area (Å²) < 4.78 is 0. The number of aromatic nitrogens is 2. The van der Waals surface area contributed by atoms with Gasteiger partial charge >= 0.3 is 0 Å². The van der Waals surface area contributed by atoms with Gasteiger partial charge in [-0.3, -0.25) is 0 Å². The largest absolute Gasteiger partial charge is 0.369 e. The zero-order valence-corrected chi connectivity index (χ0v) is 9.70. The SMILES string of the molecule is NC1CC(CNc2ncnc3sccc23)C1. The van der Waals surface area contributed by atoms with Gasteiger partial charge in [-0.1, -0.05) is 0 Å². The predicted octanol–water partition coefficient (Wildman–Crippen LogP) is 1.84. The Morgan fingerprint density at radius 2 is 2.31 bits per heavy atom. The highest BCUT2D eigenvalue weighted by molar-refractivity contribution is 7.16. The first-order valence-corrected chi connectivity index (χ1v) is 6.38. The van der Waals surface area contributed by atoms with E-state index in [1.165, 1.54) is 0 Å². The van der Waals surface area contributed by atoms with Crippen LogP contribution in [0, 0.1) is 5.92 Å². The number of nitrogens with two attached hydrogens (primary N) is 1. The summed E-state index contributed by atoms with van der Waals surface area (Å²) in [6, 6.07) is 2.48. The number of fused-ring (bicyclic) bond motifs is 1. The lowest BCUT2D eigenvalue weighted by atomic mass is 9.81. The number of anilines is 1. The van der Waals surface area contributed by atoms with Gasteiger partial charge in [0.25, 0.3) is 0 Å². The monoisotopic (exact) mass is 234 g/mol. The van der Waals surface area contributed by atoms with Gasteiger partial charge in [0.05, 0.1) is 5.39 Å². The molecule has 2 heterocycles. The van der Waals surface area contributed by atoms with Crippen LogP contribution < -0.4 is 11.1 Å². The second kappa shape index (κ2) is 3.99. The van der Waals surface area contributed by atoms with Crippen molar-refractivity contribution in [3.8, 4) is 0 Å². The summed E-state index contributed by atoms with van der Waals surface area (Å²) in [5, 5.41) is 6.56. The third kappa shape index (κ3) is 1.76. The van der Waals surface area contributed by atoms with E-state index in [4.69, 9.17) is 5.73 Å². The van der Waals surface area contributed by atoms with Crippen molar-refractivity contribution in [3.05, 3.63) is 17.8 Å². The predicted molar refractivity (Wildman–Crippen MR) is 66.6 cm³/mol. The molecule has 0 atom stereocenters. The lowest BCUT2D eigenvalue weighted by Gasteiger charge is -2.32. The van der Waals surface area contributed by atoms with Crippen LogP contribution in [0.4, 0.5) is 5.82 Å². The highest BCUT2D eigenvalue weighted by Crippen LogP contribution is 2.28. The van der Waals surface area contributed by atoms with E-state index < -0.39 is 0 Å². The van der Waals surface area contributed by atoms with E-state index in [1.54, 1.807) is 17.7 Å². The molecule has 0 radical (unpaired) electrons. The minimum atomic E-state index is 0.415. The van der Waals surface area contributed by atoms with Crippen LogP contribution in [0.3, 0.4) is 0 Å². The molecule has 84 valence electrons. The molecule has 2 aromatic heterocycles. The van der Waals surface area contributed by atoms with E-state index in [-0.39, 0.29) is 0 Å². The molecule has 0 unspecified atom stereocenters. The van der Waals surface area contributed by atoms with E-state index in [1.807, 2.05) is 5.38 Å². The fourth-order valence-electron chi connectivity index (χ4n) is 2.13. The molecule has 0 saturated heterocycles. The molecule has 0 spiro atoms. The highest BCUT2D eigenvalue weighted by atomic mass is 32.1. The summed E-state index contributed by atoms with van der Waals surface area (Å²) in [5.74, 6) is 1.66. The van der Waals surface area contributed by atoms with Crippen LogP contribution in [0.2, 0.25) is 0 Å². The molecule has 0 aliphatic heterocycles. The molecule has 1 saturated carbocycles. The van der Waals surface area contributed by atoms with Crippen LogP contribution in [0.5, 0.6) is 0 Å². The molecule has 1 fully saturated rings. The van der Waals surface area contributed by atoms with Gasteiger partial charge in [0.1, 0.15) is 17.0 Å². The van der Waals surface area contributed by atoms with Crippen molar-refractivity contribution >= 4 is 27.4 Å². The van der Waals surface area contributed by atoms with Crippen LogP contribution in [-0.4, -0.2) is 22.6 Å². The number of thiophene rings is 1. The first-order valence-electron chi connectivity index (χ1n) is 5.50. The van der Waals surface area contributed by atoms with Crippen LogP contribution in [0.15, 0.2) is 17.8 Å². The molecule has 0 aromatic carbocycles. The molecule has 4 nitrogen and oxygen atoms in total. The molecule has 16 heavy (non-hydrogen) atoms. The van der Waals surface area contributed by atoms with Crippen molar-refractivity contribution in [2.24, 2.45) is 11.7 Å². The van der Waals surface area contributed by atoms with Gasteiger partial charge < -0.3 is 11.1 Å². The molecule has 0 amide bonds. The average molecular weight is 234 g/mol. The van der Waals surface area contributed by atoms with Gasteiger partial charge in [-0.25, -0.2) is 9.97 Å². The Morgan fingerprint density at radius 3 is 3.12 bits per heavy atom. The smallest absolute Gasteiger partial charge is 0.138 e. The molecule has 2 aromatic rings. The Morgan fingerprint density at radius 1 is 1.44 bits per heavy atom. The van der Waals surface area contributed by atoms with Gasteiger partial charge in [0, 0.05) is 12.6 Å². The summed E-state index contributed by atoms with van der Waals surface area (Å²) in [6.45, 7) is 0.968. The van der Waals surface area contributed by atoms with E-state index in [0.717, 1.165) is 35.4 Å². The molecule has 5 heteroatoms. The molecular weight excluding hydrogens is 220 g/mol. The molecular formula is C11H14N4S. The summed E-state index contributed by atoms with van der Waals surface area (Å²) in [6.07, 6.45) is 3.88. The minimum Gasteiger partial charge on any atom is -0.369 e. The number of hydrogen-bond donors (Lipinski definition) is 2. The lowest BCUT2D eigenvalue weighted by molar-refractivity contribution is 0.280. The normalized spacial score (nSPS) is 24.3. The highest BCUT2D eigenvalue weighted by Gasteiger charge is 2.25. The third-order valence-electron chi connectivity index (χ3n) is 3.09. The molecule has 0 bridgehead atoms. The number of rotatable bonds is 3. The molecule has 1 aliphatic carbocycles. The number of hydrogen-bond acceptors (Lipinski definition) is 5. The van der Waals surface area contributed by atoms with E-state index in [0.29, 0.717) is 12.0 Å². The number of nitrogens with one attached hydrogen (secondary N) is 1. The zero-order chi connectivity index (χ0) is 11.0. The van der Waals surface area contributed by atoms with Gasteiger partial charge in [-0.15, -0.1) is 11.3 Å². The Hall–Kier alpha value is -1.20. The van der Waals surface area contributed by atoms with E-state index in [2.05, 4.69) is 21.4 Å². The summed E-state index contributed by atoms with van der Waals surface area (Å²) >= 11 is 1.64. The second-order valence-corrected chi connectivity index (χ2v) is 5.23. The first kappa shape index (κ1) is 9.99. The fraction of sp³-hybridized carbons (Fsp3) is 0.455. The quantitative estimate of drug-likeness (QED) is 0.850.